The number of rotatable bonds is 9. The fourth-order valence-corrected chi connectivity index (χ4v) is 7.66. The van der Waals surface area contributed by atoms with Crippen molar-refractivity contribution in [2.75, 3.05) is 6.61 Å². The van der Waals surface area contributed by atoms with Crippen molar-refractivity contribution in [2.24, 2.45) is 0 Å². The Labute approximate surface area is 238 Å². The summed E-state index contributed by atoms with van der Waals surface area (Å²) < 4.78 is 48.3. The molecule has 0 spiro atoms. The fraction of sp³-hybridized carbons (Fsp3) is 0.424. The summed E-state index contributed by atoms with van der Waals surface area (Å²) in [5, 5.41) is 3.37. The Hall–Kier alpha value is -3.52. The van der Waals surface area contributed by atoms with Crippen molar-refractivity contribution in [3.8, 4) is 22.6 Å². The van der Waals surface area contributed by atoms with Gasteiger partial charge in [0.2, 0.25) is 5.91 Å². The van der Waals surface area contributed by atoms with E-state index in [1.165, 1.54) is 41.7 Å². The average molecular weight is 566 g/mol. The van der Waals surface area contributed by atoms with E-state index in [4.69, 9.17) is 4.74 Å². The van der Waals surface area contributed by atoms with Crippen molar-refractivity contribution in [3.05, 3.63) is 82.9 Å². The third kappa shape index (κ3) is 5.18. The SMILES string of the molecule is CCOc1ccc(C[N+]23C4CCC2C3C(NC(=O)Cc2cccc(-c3ccc(OC(F)(F)F)cc3)c2)C4)c(C)c1C. The molecule has 3 aromatic rings. The van der Waals surface area contributed by atoms with Gasteiger partial charge in [0.05, 0.1) is 25.1 Å². The molecule has 41 heavy (non-hydrogen) atoms. The minimum absolute atomic E-state index is 0.0143. The third-order valence-electron chi connectivity index (χ3n) is 9.54. The maximum Gasteiger partial charge on any atom is 0.573 e. The van der Waals surface area contributed by atoms with Crippen LogP contribution in [-0.2, 0) is 17.8 Å². The summed E-state index contributed by atoms with van der Waals surface area (Å²) in [6.07, 6.45) is -0.990. The average Bonchev–Trinajstić information content (AvgIpc) is 3.37. The highest BCUT2D eigenvalue weighted by molar-refractivity contribution is 5.79. The first-order valence-electron chi connectivity index (χ1n) is 14.4. The summed E-state index contributed by atoms with van der Waals surface area (Å²) in [6, 6.07) is 19.6. The number of ether oxygens (including phenoxy) is 2. The Bertz CT molecular complexity index is 1460. The molecule has 3 aliphatic rings. The number of amides is 1. The lowest BCUT2D eigenvalue weighted by Gasteiger charge is -2.24. The van der Waals surface area contributed by atoms with Crippen LogP contribution in [0, 0.1) is 13.8 Å². The number of carbonyl (C=O) groups excluding carboxylic acids is 1. The molecule has 0 aliphatic carbocycles. The summed E-state index contributed by atoms with van der Waals surface area (Å²) in [5.41, 5.74) is 6.37. The van der Waals surface area contributed by atoms with Gasteiger partial charge in [-0.25, -0.2) is 0 Å². The standard InChI is InChI=1S/C33H35F3N2O3/c1-4-40-30-15-10-25(20(2)21(30)3)19-38-26-11-14-29(38)32(38)28(18-26)37-31(39)17-22-6-5-7-24(16-22)23-8-12-27(13-9-23)41-33(34,35)36/h5-10,12-13,15-16,26,28-29,32H,4,11,14,17-19H2,1-3H3/p+1. The van der Waals surface area contributed by atoms with Crippen LogP contribution in [-0.4, -0.2) is 47.5 Å². The Balaban J connectivity index is 1.10. The zero-order valence-electron chi connectivity index (χ0n) is 23.6. The number of hydrogen-bond donors (Lipinski definition) is 1. The molecule has 3 aliphatic heterocycles. The van der Waals surface area contributed by atoms with Gasteiger partial charge in [0.15, 0.2) is 6.04 Å². The molecular weight excluding hydrogens is 529 g/mol. The molecule has 1 N–H and O–H groups in total. The first-order chi connectivity index (χ1) is 19.6. The van der Waals surface area contributed by atoms with Crippen LogP contribution in [0.15, 0.2) is 60.7 Å². The molecule has 0 bridgehead atoms. The molecule has 3 saturated heterocycles. The summed E-state index contributed by atoms with van der Waals surface area (Å²) in [6.45, 7) is 8.01. The van der Waals surface area contributed by atoms with Crippen LogP contribution in [0.25, 0.3) is 11.1 Å². The number of carbonyl (C=O) groups is 1. The third-order valence-corrected chi connectivity index (χ3v) is 9.54. The highest BCUT2D eigenvalue weighted by Crippen LogP contribution is 2.61. The van der Waals surface area contributed by atoms with Crippen molar-refractivity contribution in [1.29, 1.82) is 0 Å². The van der Waals surface area contributed by atoms with E-state index >= 15 is 0 Å². The number of alkyl halides is 3. The predicted octanol–water partition coefficient (Wildman–Crippen LogP) is 6.63. The maximum absolute atomic E-state index is 13.2. The molecule has 0 saturated carbocycles. The lowest BCUT2D eigenvalue weighted by Crippen LogP contribution is -2.39. The highest BCUT2D eigenvalue weighted by atomic mass is 19.4. The molecule has 1 amide bonds. The quantitative estimate of drug-likeness (QED) is 0.234. The molecule has 0 aromatic heterocycles. The van der Waals surface area contributed by atoms with Crippen LogP contribution >= 0.6 is 0 Å². The molecule has 6 rings (SSSR count). The van der Waals surface area contributed by atoms with E-state index in [-0.39, 0.29) is 24.1 Å². The van der Waals surface area contributed by atoms with Crippen LogP contribution in [0.5, 0.6) is 11.5 Å². The van der Waals surface area contributed by atoms with Gasteiger partial charge < -0.3 is 19.3 Å². The number of fused-ring (bicyclic) bond motifs is 1. The van der Waals surface area contributed by atoms with E-state index in [9.17, 15) is 18.0 Å². The van der Waals surface area contributed by atoms with Gasteiger partial charge in [0.25, 0.3) is 0 Å². The zero-order valence-corrected chi connectivity index (χ0v) is 23.6. The number of quaternary nitrogens is 1. The smallest absolute Gasteiger partial charge is 0.494 e. The van der Waals surface area contributed by atoms with Gasteiger partial charge in [0.1, 0.15) is 24.1 Å². The van der Waals surface area contributed by atoms with E-state index in [1.807, 2.05) is 31.2 Å². The molecule has 3 aromatic carbocycles. The summed E-state index contributed by atoms with van der Waals surface area (Å²) >= 11 is 0. The van der Waals surface area contributed by atoms with Crippen LogP contribution in [0.4, 0.5) is 13.2 Å². The molecule has 216 valence electrons. The summed E-state index contributed by atoms with van der Waals surface area (Å²) in [5.74, 6) is 0.715. The Morgan fingerprint density at radius 1 is 1.00 bits per heavy atom. The van der Waals surface area contributed by atoms with Crippen LogP contribution < -0.4 is 14.8 Å². The molecule has 3 fully saturated rings. The molecule has 8 heteroatoms. The number of hydrogen-bond acceptors (Lipinski definition) is 3. The van der Waals surface area contributed by atoms with Crippen LogP contribution in [0.2, 0.25) is 0 Å². The minimum Gasteiger partial charge on any atom is -0.494 e. The number of nitrogens with one attached hydrogen (secondary N) is 1. The van der Waals surface area contributed by atoms with Gasteiger partial charge in [0, 0.05) is 24.8 Å². The van der Waals surface area contributed by atoms with E-state index in [0.717, 1.165) is 39.9 Å². The highest BCUT2D eigenvalue weighted by Gasteiger charge is 2.79. The van der Waals surface area contributed by atoms with Crippen molar-refractivity contribution >= 4 is 5.91 Å². The van der Waals surface area contributed by atoms with Crippen LogP contribution in [0.3, 0.4) is 0 Å². The van der Waals surface area contributed by atoms with E-state index in [1.54, 1.807) is 12.1 Å². The summed E-state index contributed by atoms with van der Waals surface area (Å²) in [7, 11) is 0. The second kappa shape index (κ2) is 10.4. The van der Waals surface area contributed by atoms with E-state index in [0.29, 0.717) is 24.7 Å². The van der Waals surface area contributed by atoms with Crippen molar-refractivity contribution in [2.45, 2.75) is 83.5 Å². The van der Waals surface area contributed by atoms with Crippen molar-refractivity contribution in [1.82, 2.24) is 5.32 Å². The van der Waals surface area contributed by atoms with E-state index in [2.05, 4.69) is 36.0 Å². The predicted molar refractivity (Wildman–Crippen MR) is 150 cm³/mol. The number of benzene rings is 3. The van der Waals surface area contributed by atoms with Gasteiger partial charge in [-0.15, -0.1) is 13.2 Å². The van der Waals surface area contributed by atoms with Gasteiger partial charge in [-0.2, -0.15) is 0 Å². The zero-order chi connectivity index (χ0) is 28.9. The molecular formula is C33H36F3N2O3+. The Kier molecular flexibility index (Phi) is 7.00. The maximum atomic E-state index is 13.2. The molecule has 5 unspecified atom stereocenters. The fourth-order valence-electron chi connectivity index (χ4n) is 7.66. The normalized spacial score (nSPS) is 26.0. The molecule has 5 nitrogen and oxygen atoms in total. The molecule has 0 radical (unpaired) electrons. The Morgan fingerprint density at radius 3 is 2.49 bits per heavy atom. The number of piperidine rings is 2. The van der Waals surface area contributed by atoms with Crippen molar-refractivity contribution in [3.63, 3.8) is 0 Å². The van der Waals surface area contributed by atoms with Crippen molar-refractivity contribution < 1.29 is 31.9 Å². The minimum atomic E-state index is -4.72. The largest absolute Gasteiger partial charge is 0.573 e. The Morgan fingerprint density at radius 2 is 1.78 bits per heavy atom. The van der Waals surface area contributed by atoms with Gasteiger partial charge >= 0.3 is 6.36 Å². The molecule has 5 atom stereocenters. The number of halogens is 3. The van der Waals surface area contributed by atoms with E-state index < -0.39 is 6.36 Å². The monoisotopic (exact) mass is 565 g/mol. The van der Waals surface area contributed by atoms with Gasteiger partial charge in [-0.3, -0.25) is 4.79 Å². The number of nitrogens with zero attached hydrogens (tertiary/aromatic N) is 1. The lowest BCUT2D eigenvalue weighted by atomic mass is 10.0. The summed E-state index contributed by atoms with van der Waals surface area (Å²) in [4.78, 5) is 13.2. The van der Waals surface area contributed by atoms with Crippen LogP contribution in [0.1, 0.15) is 48.4 Å². The second-order valence-electron chi connectivity index (χ2n) is 11.7. The first-order valence-corrected chi connectivity index (χ1v) is 14.4. The van der Waals surface area contributed by atoms with Gasteiger partial charge in [-0.05, 0) is 72.9 Å². The lowest BCUT2D eigenvalue weighted by molar-refractivity contribution is -0.846. The molecule has 3 heterocycles. The first kappa shape index (κ1) is 27.6. The second-order valence-corrected chi connectivity index (χ2v) is 11.7. The van der Waals surface area contributed by atoms with Gasteiger partial charge in [-0.1, -0.05) is 36.4 Å². The topological polar surface area (TPSA) is 47.6 Å².